The van der Waals surface area contributed by atoms with Crippen LogP contribution < -0.4 is 14.4 Å². The Morgan fingerprint density at radius 1 is 1.14 bits per heavy atom. The number of aromatic nitrogens is 2. The van der Waals surface area contributed by atoms with Crippen LogP contribution in [0.5, 0.6) is 5.75 Å². The first-order chi connectivity index (χ1) is 9.98. The summed E-state index contributed by atoms with van der Waals surface area (Å²) in [7, 11) is 0.990. The van der Waals surface area contributed by atoms with Crippen molar-refractivity contribution in [3.05, 3.63) is 36.7 Å². The normalized spacial score (nSPS) is 11.0. The summed E-state index contributed by atoms with van der Waals surface area (Å²) in [6.45, 7) is 0. The van der Waals surface area contributed by atoms with Crippen LogP contribution >= 0.6 is 0 Å². The van der Waals surface area contributed by atoms with E-state index in [0.717, 1.165) is 0 Å². The Bertz CT molecular complexity index is 699. The highest BCUT2D eigenvalue weighted by Gasteiger charge is 2.22. The smallest absolute Gasteiger partial charge is 0.267 e. The molecule has 8 heteroatoms. The standard InChI is InChI=1S/C13H16N4O3S/c1-14-13-15-8-12(9-16-13)21(18,19)17(2)10-4-6-11(20-3)7-5-10/h4-9H,1-3H3,(H,14,15,16). The Morgan fingerprint density at radius 2 is 1.71 bits per heavy atom. The van der Waals surface area contributed by atoms with Gasteiger partial charge in [0.1, 0.15) is 10.6 Å². The summed E-state index contributed by atoms with van der Waals surface area (Å²) in [5.74, 6) is 1.02. The largest absolute Gasteiger partial charge is 0.497 e. The van der Waals surface area contributed by atoms with Crippen molar-refractivity contribution in [2.75, 3.05) is 30.8 Å². The number of rotatable bonds is 5. The Morgan fingerprint density at radius 3 is 2.19 bits per heavy atom. The first kappa shape index (κ1) is 15.0. The van der Waals surface area contributed by atoms with E-state index < -0.39 is 10.0 Å². The maximum atomic E-state index is 12.5. The predicted molar refractivity (Wildman–Crippen MR) is 80.2 cm³/mol. The molecule has 2 aromatic rings. The number of nitrogens with zero attached hydrogens (tertiary/aromatic N) is 3. The summed E-state index contributed by atoms with van der Waals surface area (Å²) >= 11 is 0. The van der Waals surface area contributed by atoms with Gasteiger partial charge in [0.05, 0.1) is 25.2 Å². The molecule has 0 saturated carbocycles. The Balaban J connectivity index is 2.32. The lowest BCUT2D eigenvalue weighted by atomic mass is 10.3. The van der Waals surface area contributed by atoms with Gasteiger partial charge in [-0.05, 0) is 24.3 Å². The molecule has 1 heterocycles. The third-order valence-corrected chi connectivity index (χ3v) is 4.68. The average Bonchev–Trinajstić information content (AvgIpc) is 2.54. The molecule has 112 valence electrons. The van der Waals surface area contributed by atoms with E-state index in [0.29, 0.717) is 17.4 Å². The molecule has 0 radical (unpaired) electrons. The molecule has 0 fully saturated rings. The van der Waals surface area contributed by atoms with Crippen LogP contribution in [-0.2, 0) is 10.0 Å². The van der Waals surface area contributed by atoms with Gasteiger partial charge in [0, 0.05) is 14.1 Å². The van der Waals surface area contributed by atoms with E-state index in [9.17, 15) is 8.42 Å². The van der Waals surface area contributed by atoms with Crippen LogP contribution in [0.4, 0.5) is 11.6 Å². The highest BCUT2D eigenvalue weighted by Crippen LogP contribution is 2.23. The van der Waals surface area contributed by atoms with Crippen LogP contribution in [0.1, 0.15) is 0 Å². The van der Waals surface area contributed by atoms with E-state index >= 15 is 0 Å². The van der Waals surface area contributed by atoms with Crippen LogP contribution in [0, 0.1) is 0 Å². The van der Waals surface area contributed by atoms with Gasteiger partial charge in [0.2, 0.25) is 5.95 Å². The number of hydrogen-bond donors (Lipinski definition) is 1. The number of sulfonamides is 1. The van der Waals surface area contributed by atoms with Crippen molar-refractivity contribution < 1.29 is 13.2 Å². The first-order valence-corrected chi connectivity index (χ1v) is 7.56. The minimum absolute atomic E-state index is 0.0276. The van der Waals surface area contributed by atoms with Crippen molar-refractivity contribution in [1.82, 2.24) is 9.97 Å². The summed E-state index contributed by atoms with van der Waals surface area (Å²) in [5.41, 5.74) is 0.522. The number of benzene rings is 1. The van der Waals surface area contributed by atoms with Crippen LogP contribution in [0.3, 0.4) is 0 Å². The van der Waals surface area contributed by atoms with Crippen molar-refractivity contribution in [3.8, 4) is 5.75 Å². The number of hydrogen-bond acceptors (Lipinski definition) is 6. The lowest BCUT2D eigenvalue weighted by Gasteiger charge is -2.19. The minimum Gasteiger partial charge on any atom is -0.497 e. The van der Waals surface area contributed by atoms with Gasteiger partial charge >= 0.3 is 0 Å². The monoisotopic (exact) mass is 308 g/mol. The van der Waals surface area contributed by atoms with E-state index in [1.165, 1.54) is 23.7 Å². The molecule has 0 aliphatic rings. The van der Waals surface area contributed by atoms with Gasteiger partial charge in [-0.25, -0.2) is 18.4 Å². The van der Waals surface area contributed by atoms with E-state index in [-0.39, 0.29) is 4.90 Å². The fourth-order valence-corrected chi connectivity index (χ4v) is 2.75. The molecule has 0 aliphatic carbocycles. The van der Waals surface area contributed by atoms with Gasteiger partial charge in [0.25, 0.3) is 10.0 Å². The third kappa shape index (κ3) is 3.05. The molecule has 0 saturated heterocycles. The second-order valence-corrected chi connectivity index (χ2v) is 6.13. The third-order valence-electron chi connectivity index (χ3n) is 2.95. The molecule has 7 nitrogen and oxygen atoms in total. The molecule has 0 bridgehead atoms. The molecule has 0 aliphatic heterocycles. The summed E-state index contributed by atoms with van der Waals surface area (Å²) in [5, 5.41) is 2.73. The highest BCUT2D eigenvalue weighted by atomic mass is 32.2. The predicted octanol–water partition coefficient (Wildman–Crippen LogP) is 1.35. The van der Waals surface area contributed by atoms with Crippen molar-refractivity contribution in [3.63, 3.8) is 0 Å². The number of anilines is 2. The van der Waals surface area contributed by atoms with Gasteiger partial charge in [-0.2, -0.15) is 0 Å². The number of nitrogens with one attached hydrogen (secondary N) is 1. The lowest BCUT2D eigenvalue weighted by Crippen LogP contribution is -2.26. The topological polar surface area (TPSA) is 84.4 Å². The quantitative estimate of drug-likeness (QED) is 0.897. The average molecular weight is 308 g/mol. The number of ether oxygens (including phenoxy) is 1. The van der Waals surface area contributed by atoms with Gasteiger partial charge < -0.3 is 10.1 Å². The Labute approximate surface area is 123 Å². The van der Waals surface area contributed by atoms with Crippen LogP contribution in [0.15, 0.2) is 41.6 Å². The van der Waals surface area contributed by atoms with Gasteiger partial charge in [0.15, 0.2) is 0 Å². The van der Waals surface area contributed by atoms with Gasteiger partial charge in [-0.15, -0.1) is 0 Å². The first-order valence-electron chi connectivity index (χ1n) is 6.12. The SMILES string of the molecule is CNc1ncc(S(=O)(=O)N(C)c2ccc(OC)cc2)cn1. The molecular formula is C13H16N4O3S. The summed E-state index contributed by atoms with van der Waals surface area (Å²) < 4.78 is 31.2. The molecule has 1 N–H and O–H groups in total. The minimum atomic E-state index is -3.70. The zero-order chi connectivity index (χ0) is 15.5. The van der Waals surface area contributed by atoms with E-state index in [2.05, 4.69) is 15.3 Å². The summed E-state index contributed by atoms with van der Waals surface area (Å²) in [6.07, 6.45) is 2.54. The maximum absolute atomic E-state index is 12.5. The molecule has 0 amide bonds. The fraction of sp³-hybridized carbons (Fsp3) is 0.231. The zero-order valence-electron chi connectivity index (χ0n) is 11.9. The number of methoxy groups -OCH3 is 1. The molecule has 1 aromatic carbocycles. The van der Waals surface area contributed by atoms with Gasteiger partial charge in [-0.3, -0.25) is 4.31 Å². The highest BCUT2D eigenvalue weighted by molar-refractivity contribution is 7.92. The van der Waals surface area contributed by atoms with Crippen molar-refractivity contribution in [2.24, 2.45) is 0 Å². The van der Waals surface area contributed by atoms with Crippen molar-refractivity contribution in [1.29, 1.82) is 0 Å². The lowest BCUT2D eigenvalue weighted by molar-refractivity contribution is 0.415. The summed E-state index contributed by atoms with van der Waals surface area (Å²) in [6, 6.07) is 6.72. The van der Waals surface area contributed by atoms with E-state index in [1.807, 2.05) is 0 Å². The second-order valence-electron chi connectivity index (χ2n) is 4.16. The van der Waals surface area contributed by atoms with Crippen LogP contribution in [0.2, 0.25) is 0 Å². The van der Waals surface area contributed by atoms with Crippen molar-refractivity contribution in [2.45, 2.75) is 4.90 Å². The molecule has 0 atom stereocenters. The maximum Gasteiger partial charge on any atom is 0.267 e. The Hall–Kier alpha value is -2.35. The zero-order valence-corrected chi connectivity index (χ0v) is 12.8. The van der Waals surface area contributed by atoms with Crippen molar-refractivity contribution >= 4 is 21.7 Å². The molecule has 0 spiro atoms. The summed E-state index contributed by atoms with van der Waals surface area (Å²) in [4.78, 5) is 7.87. The molecule has 0 unspecified atom stereocenters. The van der Waals surface area contributed by atoms with E-state index in [4.69, 9.17) is 4.74 Å². The van der Waals surface area contributed by atoms with E-state index in [1.54, 1.807) is 38.4 Å². The Kier molecular flexibility index (Phi) is 4.27. The molecular weight excluding hydrogens is 292 g/mol. The fourth-order valence-electron chi connectivity index (χ4n) is 1.67. The molecule has 2 rings (SSSR count). The second kappa shape index (κ2) is 5.96. The van der Waals surface area contributed by atoms with Crippen LogP contribution in [-0.4, -0.2) is 39.6 Å². The molecule has 21 heavy (non-hydrogen) atoms. The van der Waals surface area contributed by atoms with Crippen LogP contribution in [0.25, 0.3) is 0 Å². The molecule has 1 aromatic heterocycles. The van der Waals surface area contributed by atoms with Gasteiger partial charge in [-0.1, -0.05) is 0 Å².